The lowest BCUT2D eigenvalue weighted by Gasteiger charge is -2.35. The molecule has 0 aliphatic carbocycles. The smallest absolute Gasteiger partial charge is 0.223 e. The standard InChI is InChI=1S/C30H42N2O6/c1-7-8-9-22-28(35)19(3)37-15-14-18(2)10-12-23(21-11-13-25-24(16-21)31-20(4)38-25)32-27(34)17-26(33)30(5,6)29(22)36/h7-8,10-11,13,16,19,22-23,26,28,33,35H,9,12,14-15,17H2,1-6H3,(H,32,34)/b8-7-,18-10-/t19-,22-,23+,26+,28-/m1/s1. The number of amides is 1. The lowest BCUT2D eigenvalue weighted by Crippen LogP contribution is -2.48. The van der Waals surface area contributed by atoms with Gasteiger partial charge in [-0.3, -0.25) is 9.59 Å². The highest BCUT2D eigenvalue weighted by molar-refractivity contribution is 5.88. The van der Waals surface area contributed by atoms with Gasteiger partial charge in [0.25, 0.3) is 0 Å². The van der Waals surface area contributed by atoms with Crippen LogP contribution in [0.25, 0.3) is 11.1 Å². The molecule has 8 nitrogen and oxygen atoms in total. The maximum absolute atomic E-state index is 13.6. The second kappa shape index (κ2) is 12.8. The van der Waals surface area contributed by atoms with Gasteiger partial charge >= 0.3 is 0 Å². The van der Waals surface area contributed by atoms with Crippen molar-refractivity contribution >= 4 is 22.8 Å². The highest BCUT2D eigenvalue weighted by Gasteiger charge is 2.43. The van der Waals surface area contributed by atoms with E-state index in [1.165, 1.54) is 0 Å². The zero-order chi connectivity index (χ0) is 28.0. The van der Waals surface area contributed by atoms with Crippen LogP contribution in [0.5, 0.6) is 0 Å². The summed E-state index contributed by atoms with van der Waals surface area (Å²) in [5.74, 6) is -0.869. The van der Waals surface area contributed by atoms with Crippen molar-refractivity contribution in [3.05, 3.63) is 53.5 Å². The van der Waals surface area contributed by atoms with Crippen LogP contribution in [0, 0.1) is 18.3 Å². The summed E-state index contributed by atoms with van der Waals surface area (Å²) in [5.41, 5.74) is 2.08. The zero-order valence-corrected chi connectivity index (χ0v) is 23.4. The molecular weight excluding hydrogens is 484 g/mol. The summed E-state index contributed by atoms with van der Waals surface area (Å²) in [6, 6.07) is 5.29. The number of ketones is 1. The van der Waals surface area contributed by atoms with Crippen LogP contribution in [-0.2, 0) is 14.3 Å². The fourth-order valence-electron chi connectivity index (χ4n) is 4.82. The summed E-state index contributed by atoms with van der Waals surface area (Å²) in [4.78, 5) is 31.2. The molecular formula is C30H42N2O6. The van der Waals surface area contributed by atoms with Gasteiger partial charge in [-0.1, -0.05) is 43.7 Å². The molecule has 3 N–H and O–H groups in total. The molecule has 208 valence electrons. The van der Waals surface area contributed by atoms with E-state index >= 15 is 0 Å². The average molecular weight is 527 g/mol. The first-order valence-electron chi connectivity index (χ1n) is 13.4. The summed E-state index contributed by atoms with van der Waals surface area (Å²) >= 11 is 0. The van der Waals surface area contributed by atoms with Crippen LogP contribution in [0.1, 0.15) is 77.8 Å². The topological polar surface area (TPSA) is 122 Å². The van der Waals surface area contributed by atoms with E-state index in [9.17, 15) is 19.8 Å². The van der Waals surface area contributed by atoms with E-state index in [-0.39, 0.29) is 24.2 Å². The van der Waals surface area contributed by atoms with Crippen LogP contribution in [0.4, 0.5) is 0 Å². The molecule has 1 aliphatic rings. The first-order valence-corrected chi connectivity index (χ1v) is 13.4. The molecule has 0 radical (unpaired) electrons. The van der Waals surface area contributed by atoms with Gasteiger partial charge in [0.15, 0.2) is 11.5 Å². The molecule has 8 heteroatoms. The van der Waals surface area contributed by atoms with Gasteiger partial charge in [-0.2, -0.15) is 0 Å². The number of nitrogens with one attached hydrogen (secondary N) is 1. The van der Waals surface area contributed by atoms with E-state index in [4.69, 9.17) is 9.15 Å². The summed E-state index contributed by atoms with van der Waals surface area (Å²) < 4.78 is 11.5. The number of aliphatic hydroxyl groups excluding tert-OH is 2. The lowest BCUT2D eigenvalue weighted by molar-refractivity contribution is -0.146. The predicted molar refractivity (Wildman–Crippen MR) is 146 cm³/mol. The number of Topliss-reactive ketones (excluding diaryl/α,β-unsaturated/α-hetero) is 1. The predicted octanol–water partition coefficient (Wildman–Crippen LogP) is 4.73. The van der Waals surface area contributed by atoms with Crippen LogP contribution >= 0.6 is 0 Å². The summed E-state index contributed by atoms with van der Waals surface area (Å²) in [6.07, 6.45) is 4.12. The summed E-state index contributed by atoms with van der Waals surface area (Å²) in [5, 5.41) is 25.2. The molecule has 38 heavy (non-hydrogen) atoms. The van der Waals surface area contributed by atoms with Crippen molar-refractivity contribution in [2.24, 2.45) is 11.3 Å². The van der Waals surface area contributed by atoms with Gasteiger partial charge in [0, 0.05) is 6.92 Å². The number of carbonyl (C=O) groups is 2. The molecule has 0 fully saturated rings. The molecule has 0 saturated carbocycles. The first-order chi connectivity index (χ1) is 17.9. The third-order valence-corrected chi connectivity index (χ3v) is 7.54. The molecule has 0 spiro atoms. The third kappa shape index (κ3) is 7.18. The number of fused-ring (bicyclic) bond motifs is 1. The second-order valence-electron chi connectivity index (χ2n) is 10.9. The van der Waals surface area contributed by atoms with Crippen molar-refractivity contribution < 1.29 is 29.0 Å². The minimum Gasteiger partial charge on any atom is -0.441 e. The van der Waals surface area contributed by atoms with Crippen molar-refractivity contribution in [2.45, 2.75) is 91.6 Å². The Labute approximate surface area is 225 Å². The largest absolute Gasteiger partial charge is 0.441 e. The van der Waals surface area contributed by atoms with Gasteiger partial charge in [-0.15, -0.1) is 0 Å². The van der Waals surface area contributed by atoms with Crippen molar-refractivity contribution in [3.63, 3.8) is 0 Å². The van der Waals surface area contributed by atoms with Gasteiger partial charge in [-0.25, -0.2) is 4.98 Å². The number of hydrogen-bond acceptors (Lipinski definition) is 7. The number of aromatic nitrogens is 1. The average Bonchev–Trinajstić information content (AvgIpc) is 3.24. The summed E-state index contributed by atoms with van der Waals surface area (Å²) in [6.45, 7) is 11.0. The van der Waals surface area contributed by atoms with Crippen molar-refractivity contribution in [1.82, 2.24) is 10.3 Å². The summed E-state index contributed by atoms with van der Waals surface area (Å²) in [7, 11) is 0. The minimum absolute atomic E-state index is 0.248. The number of nitrogens with zero attached hydrogens (tertiary/aromatic N) is 1. The molecule has 2 heterocycles. The Kier molecular flexibility index (Phi) is 10.0. The number of ether oxygens (including phenoxy) is 1. The molecule has 1 aromatic heterocycles. The molecule has 3 rings (SSSR count). The molecule has 0 saturated heterocycles. The van der Waals surface area contributed by atoms with Gasteiger partial charge in [0.2, 0.25) is 5.91 Å². The van der Waals surface area contributed by atoms with Crippen LogP contribution in [0.2, 0.25) is 0 Å². The van der Waals surface area contributed by atoms with Crippen LogP contribution < -0.4 is 5.32 Å². The fourth-order valence-corrected chi connectivity index (χ4v) is 4.82. The van der Waals surface area contributed by atoms with Gasteiger partial charge in [-0.05, 0) is 57.7 Å². The second-order valence-corrected chi connectivity index (χ2v) is 10.9. The van der Waals surface area contributed by atoms with Gasteiger partial charge < -0.3 is 24.7 Å². The maximum atomic E-state index is 13.6. The number of allylic oxidation sites excluding steroid dienone is 2. The molecule has 0 unspecified atom stereocenters. The Morgan fingerprint density at radius 2 is 1.95 bits per heavy atom. The molecule has 5 atom stereocenters. The monoisotopic (exact) mass is 526 g/mol. The van der Waals surface area contributed by atoms with E-state index in [2.05, 4.69) is 16.4 Å². The van der Waals surface area contributed by atoms with E-state index in [0.29, 0.717) is 42.9 Å². The molecule has 1 amide bonds. The Balaban J connectivity index is 1.93. The third-order valence-electron chi connectivity index (χ3n) is 7.54. The Bertz CT molecular complexity index is 1180. The molecule has 2 aromatic rings. The molecule has 0 bridgehead atoms. The first kappa shape index (κ1) is 29.7. The van der Waals surface area contributed by atoms with Crippen molar-refractivity contribution in [1.29, 1.82) is 0 Å². The number of oxazole rings is 1. The van der Waals surface area contributed by atoms with Crippen LogP contribution in [0.3, 0.4) is 0 Å². The highest BCUT2D eigenvalue weighted by Crippen LogP contribution is 2.33. The maximum Gasteiger partial charge on any atom is 0.223 e. The minimum atomic E-state index is -1.26. The number of aryl methyl sites for hydroxylation is 1. The number of aliphatic hydroxyl groups is 2. The Morgan fingerprint density at radius 1 is 1.21 bits per heavy atom. The Morgan fingerprint density at radius 3 is 2.66 bits per heavy atom. The normalized spacial score (nSPS) is 29.8. The van der Waals surface area contributed by atoms with E-state index < -0.39 is 29.6 Å². The van der Waals surface area contributed by atoms with Crippen LogP contribution in [-0.4, -0.2) is 51.8 Å². The SMILES string of the molecule is C/C=C\C[C@H]1C(=O)C(C)(C)[C@@H](O)CC(=O)N[C@H](c2ccc3oc(C)nc3c2)C/C=C(/C)CCO[C@H](C)[C@H]1O. The molecule has 1 aromatic carbocycles. The number of carbonyl (C=O) groups excluding carboxylic acids is 2. The number of hydrogen-bond donors (Lipinski definition) is 3. The zero-order valence-electron chi connectivity index (χ0n) is 23.4. The lowest BCUT2D eigenvalue weighted by atomic mass is 9.72. The van der Waals surface area contributed by atoms with E-state index in [1.54, 1.807) is 27.7 Å². The molecule has 1 aliphatic heterocycles. The van der Waals surface area contributed by atoms with Gasteiger partial charge in [0.05, 0.1) is 48.7 Å². The van der Waals surface area contributed by atoms with E-state index in [0.717, 1.165) is 11.1 Å². The van der Waals surface area contributed by atoms with Crippen molar-refractivity contribution in [3.8, 4) is 0 Å². The van der Waals surface area contributed by atoms with E-state index in [1.807, 2.05) is 44.2 Å². The quantitative estimate of drug-likeness (QED) is 0.494. The van der Waals surface area contributed by atoms with Gasteiger partial charge in [0.1, 0.15) is 11.3 Å². The number of benzene rings is 1. The van der Waals surface area contributed by atoms with Crippen molar-refractivity contribution in [2.75, 3.05) is 6.61 Å². The number of rotatable bonds is 3. The highest BCUT2D eigenvalue weighted by atomic mass is 16.5. The fraction of sp³-hybridized carbons (Fsp3) is 0.567. The Hall–Kier alpha value is -2.81. The van der Waals surface area contributed by atoms with Crippen LogP contribution in [0.15, 0.2) is 46.4 Å².